The van der Waals surface area contributed by atoms with Crippen LogP contribution in [0.5, 0.6) is 0 Å². The lowest BCUT2D eigenvalue weighted by Gasteiger charge is -2.41. The molecule has 1 unspecified atom stereocenters. The minimum Gasteiger partial charge on any atom is -0.462 e. The number of carbonyl (C=O) groups is 1. The number of hydrogen-bond acceptors (Lipinski definition) is 9. The van der Waals surface area contributed by atoms with Crippen LogP contribution in [0.3, 0.4) is 0 Å². The number of fused-ring (bicyclic) bond motifs is 1. The van der Waals surface area contributed by atoms with Crippen LogP contribution in [-0.2, 0) is 9.47 Å². The molecule has 1 aliphatic heterocycles. The van der Waals surface area contributed by atoms with Gasteiger partial charge in [-0.3, -0.25) is 9.36 Å². The number of benzene rings is 1. The monoisotopic (exact) mass is 555 g/mol. The third-order valence-corrected chi connectivity index (χ3v) is 6.30. The number of likely N-dealkylation sites (N-methyl/N-ethyl adjacent to an activating group) is 1. The highest BCUT2D eigenvalue weighted by atomic mass is 35.5. The summed E-state index contributed by atoms with van der Waals surface area (Å²) in [6.07, 6.45) is -0.0925. The number of aromatic nitrogens is 2. The van der Waals surface area contributed by atoms with Crippen molar-refractivity contribution in [3.63, 3.8) is 0 Å². The normalized spacial score (nSPS) is 14.6. The summed E-state index contributed by atoms with van der Waals surface area (Å²) in [6, 6.07) is 1.37. The highest BCUT2D eigenvalue weighted by Crippen LogP contribution is 2.39. The van der Waals surface area contributed by atoms with Crippen LogP contribution in [0.25, 0.3) is 16.7 Å². The fourth-order valence-electron chi connectivity index (χ4n) is 4.12. The number of nitrogens with zero attached hydrogens (tertiary/aromatic N) is 3. The number of anilines is 2. The summed E-state index contributed by atoms with van der Waals surface area (Å²) >= 11 is 6.61. The predicted molar refractivity (Wildman–Crippen MR) is 134 cm³/mol. The molecule has 14 heteroatoms. The van der Waals surface area contributed by atoms with Crippen LogP contribution in [0.2, 0.25) is 5.02 Å². The number of ether oxygens (including phenoxy) is 2. The maximum absolute atomic E-state index is 15.3. The van der Waals surface area contributed by atoms with Crippen molar-refractivity contribution in [2.24, 2.45) is 0 Å². The molecule has 3 aromatic rings. The Hall–Kier alpha value is -3.39. The number of nitrogen functional groups attached to an aromatic ring is 1. The largest absolute Gasteiger partial charge is 0.462 e. The summed E-state index contributed by atoms with van der Waals surface area (Å²) in [6.45, 7) is 2.30. The van der Waals surface area contributed by atoms with E-state index in [1.165, 1.54) is 6.92 Å². The molecular formula is C24H25ClF3N5O5. The van der Waals surface area contributed by atoms with E-state index in [1.807, 2.05) is 0 Å². The zero-order chi connectivity index (χ0) is 27.7. The van der Waals surface area contributed by atoms with Gasteiger partial charge < -0.3 is 30.5 Å². The van der Waals surface area contributed by atoms with E-state index in [9.17, 15) is 23.5 Å². The molecule has 0 spiro atoms. The van der Waals surface area contributed by atoms with E-state index >= 15 is 4.39 Å². The Morgan fingerprint density at radius 1 is 1.29 bits per heavy atom. The van der Waals surface area contributed by atoms with Crippen molar-refractivity contribution >= 4 is 40.0 Å². The molecule has 10 nitrogen and oxygen atoms in total. The number of pyridine rings is 2. The molecular weight excluding hydrogens is 531 g/mol. The Kier molecular flexibility index (Phi) is 8.11. The lowest BCUT2D eigenvalue weighted by molar-refractivity contribution is -0.0192. The van der Waals surface area contributed by atoms with Crippen molar-refractivity contribution in [3.05, 3.63) is 56.6 Å². The van der Waals surface area contributed by atoms with Crippen LogP contribution in [0.1, 0.15) is 17.3 Å². The second-order valence-corrected chi connectivity index (χ2v) is 8.99. The SMILES string of the molecule is CCOC(=O)c1cn(-c2nc(N)c(F)cc2F)c2c(Cl)c(N3CC(OCC(O)CNC)C3)c(F)cc2c1=O. The topological polar surface area (TPSA) is 132 Å². The number of aliphatic hydroxyl groups is 1. The number of nitrogens with one attached hydrogen (secondary N) is 1. The van der Waals surface area contributed by atoms with Gasteiger partial charge in [0.15, 0.2) is 23.3 Å². The van der Waals surface area contributed by atoms with Crippen LogP contribution >= 0.6 is 11.6 Å². The average Bonchev–Trinajstić information content (AvgIpc) is 2.83. The van der Waals surface area contributed by atoms with Crippen LogP contribution < -0.4 is 21.4 Å². The minimum atomic E-state index is -1.17. The zero-order valence-electron chi connectivity index (χ0n) is 20.4. The lowest BCUT2D eigenvalue weighted by Crippen LogP contribution is -2.53. The molecule has 4 N–H and O–H groups in total. The van der Waals surface area contributed by atoms with E-state index in [2.05, 4.69) is 10.3 Å². The van der Waals surface area contributed by atoms with Crippen molar-refractivity contribution in [2.45, 2.75) is 19.1 Å². The van der Waals surface area contributed by atoms with E-state index in [0.29, 0.717) is 12.6 Å². The van der Waals surface area contributed by atoms with Gasteiger partial charge in [-0.25, -0.2) is 22.9 Å². The van der Waals surface area contributed by atoms with E-state index < -0.39 is 52.2 Å². The maximum Gasteiger partial charge on any atom is 0.343 e. The van der Waals surface area contributed by atoms with Gasteiger partial charge in [0.25, 0.3) is 0 Å². The molecule has 1 fully saturated rings. The Bertz CT molecular complexity index is 1450. The van der Waals surface area contributed by atoms with Crippen LogP contribution in [0, 0.1) is 17.5 Å². The standard InChI is InChI=1S/C24H25ClF3N5O5/c1-3-37-24(36)14-9-33(23-17(28)5-16(27)22(29)31-23)19-13(21(14)35)4-15(26)20(18(19)25)32-7-12(8-32)38-10-11(34)6-30-2/h4-5,9,11-12,30,34H,3,6-8,10H2,1-2H3,(H2,29,31). The molecule has 0 radical (unpaired) electrons. The van der Waals surface area contributed by atoms with Crippen molar-refractivity contribution in [3.8, 4) is 5.82 Å². The molecule has 38 heavy (non-hydrogen) atoms. The van der Waals surface area contributed by atoms with Gasteiger partial charge in [0, 0.05) is 31.9 Å². The van der Waals surface area contributed by atoms with E-state index in [4.69, 9.17) is 26.8 Å². The Morgan fingerprint density at radius 2 is 2.00 bits per heavy atom. The first kappa shape index (κ1) is 27.6. The summed E-state index contributed by atoms with van der Waals surface area (Å²) in [7, 11) is 1.69. The Balaban J connectivity index is 1.83. The number of nitrogens with two attached hydrogens (primary N) is 1. The van der Waals surface area contributed by atoms with Gasteiger partial charge in [0.2, 0.25) is 5.43 Å². The smallest absolute Gasteiger partial charge is 0.343 e. The predicted octanol–water partition coefficient (Wildman–Crippen LogP) is 2.00. The van der Waals surface area contributed by atoms with Crippen molar-refractivity contribution in [1.29, 1.82) is 0 Å². The number of aliphatic hydroxyl groups excluding tert-OH is 1. The summed E-state index contributed by atoms with van der Waals surface area (Å²) in [4.78, 5) is 30.9. The van der Waals surface area contributed by atoms with Crippen molar-refractivity contribution in [1.82, 2.24) is 14.9 Å². The van der Waals surface area contributed by atoms with Gasteiger partial charge in [0.05, 0.1) is 47.0 Å². The van der Waals surface area contributed by atoms with Gasteiger partial charge >= 0.3 is 5.97 Å². The molecule has 0 amide bonds. The first-order chi connectivity index (χ1) is 18.1. The molecule has 204 valence electrons. The summed E-state index contributed by atoms with van der Waals surface area (Å²) in [5.41, 5.74) is 3.84. The third-order valence-electron chi connectivity index (χ3n) is 5.95. The molecule has 4 rings (SSSR count). The van der Waals surface area contributed by atoms with Gasteiger partial charge in [-0.15, -0.1) is 0 Å². The molecule has 1 atom stereocenters. The fraction of sp³-hybridized carbons (Fsp3) is 0.375. The maximum atomic E-state index is 15.3. The highest BCUT2D eigenvalue weighted by molar-refractivity contribution is 6.38. The Morgan fingerprint density at radius 3 is 2.66 bits per heavy atom. The first-order valence-electron chi connectivity index (χ1n) is 11.6. The molecule has 3 heterocycles. The van der Waals surface area contributed by atoms with E-state index in [0.717, 1.165) is 16.8 Å². The molecule has 0 bridgehead atoms. The summed E-state index contributed by atoms with van der Waals surface area (Å²) < 4.78 is 55.5. The molecule has 1 aromatic carbocycles. The molecule has 1 aliphatic rings. The number of hydrogen-bond donors (Lipinski definition) is 3. The van der Waals surface area contributed by atoms with Gasteiger partial charge in [-0.2, -0.15) is 0 Å². The second kappa shape index (κ2) is 11.2. The van der Waals surface area contributed by atoms with Crippen molar-refractivity contribution < 1.29 is 32.5 Å². The number of halogens is 4. The van der Waals surface area contributed by atoms with E-state index in [1.54, 1.807) is 11.9 Å². The molecule has 1 saturated heterocycles. The molecule has 2 aromatic heterocycles. The van der Waals surface area contributed by atoms with Crippen LogP contribution in [0.15, 0.2) is 23.1 Å². The van der Waals surface area contributed by atoms with Gasteiger partial charge in [0.1, 0.15) is 11.4 Å². The first-order valence-corrected chi connectivity index (χ1v) is 12.0. The third kappa shape index (κ3) is 5.14. The Labute approximate surface area is 219 Å². The summed E-state index contributed by atoms with van der Waals surface area (Å²) in [5.74, 6) is -5.41. The zero-order valence-corrected chi connectivity index (χ0v) is 21.2. The quantitative estimate of drug-likeness (QED) is 0.339. The number of esters is 1. The second-order valence-electron chi connectivity index (χ2n) is 8.61. The van der Waals surface area contributed by atoms with Gasteiger partial charge in [-0.05, 0) is 20.0 Å². The lowest BCUT2D eigenvalue weighted by atomic mass is 10.1. The minimum absolute atomic E-state index is 0.0648. The number of carbonyl (C=O) groups excluding carboxylic acids is 1. The van der Waals surface area contributed by atoms with E-state index in [-0.39, 0.29) is 54.0 Å². The van der Waals surface area contributed by atoms with Crippen LogP contribution in [-0.4, -0.2) is 72.7 Å². The molecule has 0 aliphatic carbocycles. The number of rotatable bonds is 9. The fourth-order valence-corrected chi connectivity index (χ4v) is 4.53. The van der Waals surface area contributed by atoms with Crippen molar-refractivity contribution in [2.75, 3.05) is 50.5 Å². The van der Waals surface area contributed by atoms with Crippen LogP contribution in [0.4, 0.5) is 24.7 Å². The van der Waals surface area contributed by atoms with Gasteiger partial charge in [-0.1, -0.05) is 11.6 Å². The molecule has 0 saturated carbocycles. The highest BCUT2D eigenvalue weighted by Gasteiger charge is 2.33. The summed E-state index contributed by atoms with van der Waals surface area (Å²) in [5, 5.41) is 12.0. The average molecular weight is 556 g/mol.